The summed E-state index contributed by atoms with van der Waals surface area (Å²) in [6, 6.07) is 10.4. The van der Waals surface area contributed by atoms with E-state index in [1.165, 1.54) is 0 Å². The van der Waals surface area contributed by atoms with Gasteiger partial charge in [-0.3, -0.25) is 14.7 Å². The molecular formula is C21H24ClN3O3. The van der Waals surface area contributed by atoms with Gasteiger partial charge in [0.25, 0.3) is 0 Å². The Morgan fingerprint density at radius 3 is 2.64 bits per heavy atom. The number of amides is 1. The highest BCUT2D eigenvalue weighted by molar-refractivity contribution is 6.30. The van der Waals surface area contributed by atoms with Crippen molar-refractivity contribution in [2.45, 2.75) is 38.4 Å². The van der Waals surface area contributed by atoms with Gasteiger partial charge in [-0.2, -0.15) is 0 Å². The van der Waals surface area contributed by atoms with Crippen LogP contribution >= 0.6 is 11.6 Å². The van der Waals surface area contributed by atoms with Gasteiger partial charge in [0.2, 0.25) is 5.91 Å². The number of nitrogens with zero attached hydrogens (tertiary/aromatic N) is 2. The maximum absolute atomic E-state index is 12.7. The van der Waals surface area contributed by atoms with Crippen molar-refractivity contribution in [1.82, 2.24) is 15.2 Å². The highest BCUT2D eigenvalue weighted by atomic mass is 35.5. The van der Waals surface area contributed by atoms with Crippen molar-refractivity contribution in [1.29, 1.82) is 0 Å². The molecule has 1 aliphatic carbocycles. The zero-order chi connectivity index (χ0) is 19.9. The molecule has 28 heavy (non-hydrogen) atoms. The molecule has 1 saturated carbocycles. The third kappa shape index (κ3) is 5.53. The maximum Gasteiger partial charge on any atom is 0.328 e. The van der Waals surface area contributed by atoms with E-state index >= 15 is 0 Å². The third-order valence-electron chi connectivity index (χ3n) is 4.58. The van der Waals surface area contributed by atoms with E-state index in [2.05, 4.69) is 10.3 Å². The molecule has 0 spiro atoms. The van der Waals surface area contributed by atoms with Crippen molar-refractivity contribution in [3.05, 3.63) is 64.9 Å². The average molecular weight is 402 g/mol. The molecule has 0 unspecified atom stereocenters. The number of carbonyl (C=O) groups is 2. The minimum Gasteiger partial charge on any atom is -0.465 e. The number of halogens is 1. The van der Waals surface area contributed by atoms with Gasteiger partial charge < -0.3 is 10.1 Å². The lowest BCUT2D eigenvalue weighted by Crippen LogP contribution is -2.43. The van der Waals surface area contributed by atoms with Gasteiger partial charge in [0, 0.05) is 30.0 Å². The van der Waals surface area contributed by atoms with Gasteiger partial charge in [0.05, 0.1) is 13.2 Å². The van der Waals surface area contributed by atoms with Crippen LogP contribution in [0.15, 0.2) is 48.8 Å². The second kappa shape index (κ2) is 9.66. The Hall–Kier alpha value is -2.44. The minimum absolute atomic E-state index is 0.122. The fourth-order valence-electron chi connectivity index (χ4n) is 3.09. The molecule has 0 aliphatic heterocycles. The number of aromatic nitrogens is 1. The van der Waals surface area contributed by atoms with Gasteiger partial charge in [-0.1, -0.05) is 29.8 Å². The van der Waals surface area contributed by atoms with Crippen LogP contribution in [0.1, 0.15) is 36.9 Å². The van der Waals surface area contributed by atoms with E-state index in [0.29, 0.717) is 11.6 Å². The summed E-state index contributed by atoms with van der Waals surface area (Å²) in [5.74, 6) is -0.490. The van der Waals surface area contributed by atoms with Gasteiger partial charge >= 0.3 is 5.97 Å². The molecule has 1 N–H and O–H groups in total. The monoisotopic (exact) mass is 401 g/mol. The zero-order valence-electron chi connectivity index (χ0n) is 15.8. The molecule has 1 aliphatic rings. The van der Waals surface area contributed by atoms with Gasteiger partial charge in [-0.25, -0.2) is 4.79 Å². The van der Waals surface area contributed by atoms with Gasteiger partial charge in [0.1, 0.15) is 6.04 Å². The molecule has 2 aromatic rings. The summed E-state index contributed by atoms with van der Waals surface area (Å²) >= 11 is 6.00. The van der Waals surface area contributed by atoms with Crippen LogP contribution in [0, 0.1) is 0 Å². The van der Waals surface area contributed by atoms with E-state index in [1.807, 2.05) is 29.2 Å². The van der Waals surface area contributed by atoms with Crippen molar-refractivity contribution >= 4 is 23.5 Å². The molecule has 0 radical (unpaired) electrons. The molecule has 148 valence electrons. The molecular weight excluding hydrogens is 378 g/mol. The van der Waals surface area contributed by atoms with Gasteiger partial charge in [0.15, 0.2) is 0 Å². The number of carbonyl (C=O) groups excluding carboxylic acids is 2. The van der Waals surface area contributed by atoms with E-state index in [4.69, 9.17) is 16.3 Å². The average Bonchev–Trinajstić information content (AvgIpc) is 3.53. The second-order valence-electron chi connectivity index (χ2n) is 6.75. The van der Waals surface area contributed by atoms with Crippen LogP contribution in [0.25, 0.3) is 0 Å². The van der Waals surface area contributed by atoms with Gasteiger partial charge in [-0.05, 0) is 49.1 Å². The number of hydrogen-bond acceptors (Lipinski definition) is 5. The number of rotatable bonds is 9. The Morgan fingerprint density at radius 1 is 1.29 bits per heavy atom. The topological polar surface area (TPSA) is 71.5 Å². The molecule has 1 fully saturated rings. The largest absolute Gasteiger partial charge is 0.465 e. The summed E-state index contributed by atoms with van der Waals surface area (Å²) in [5.41, 5.74) is 1.70. The molecule has 1 atom stereocenters. The number of pyridine rings is 1. The number of ether oxygens (including phenoxy) is 1. The lowest BCUT2D eigenvalue weighted by atomic mass is 10.0. The second-order valence-corrected chi connectivity index (χ2v) is 7.18. The summed E-state index contributed by atoms with van der Waals surface area (Å²) < 4.78 is 5.30. The normalized spacial score (nSPS) is 14.5. The first-order valence-corrected chi connectivity index (χ1v) is 9.79. The molecule has 6 nitrogen and oxygen atoms in total. The number of hydrogen-bond donors (Lipinski definition) is 1. The third-order valence-corrected chi connectivity index (χ3v) is 4.83. The first-order chi connectivity index (χ1) is 13.6. The molecule has 0 saturated heterocycles. The summed E-state index contributed by atoms with van der Waals surface area (Å²) in [6.45, 7) is 2.58. The van der Waals surface area contributed by atoms with Crippen molar-refractivity contribution < 1.29 is 14.3 Å². The Bertz CT molecular complexity index is 794. The maximum atomic E-state index is 12.7. The van der Waals surface area contributed by atoms with Crippen LogP contribution in [-0.4, -0.2) is 41.0 Å². The molecule has 1 heterocycles. The summed E-state index contributed by atoms with van der Waals surface area (Å²) in [4.78, 5) is 31.3. The van der Waals surface area contributed by atoms with Crippen LogP contribution in [-0.2, 0) is 20.9 Å². The lowest BCUT2D eigenvalue weighted by molar-refractivity contribution is -0.150. The lowest BCUT2D eigenvalue weighted by Gasteiger charge is -2.30. The predicted octanol–water partition coefficient (Wildman–Crippen LogP) is 3.12. The van der Waals surface area contributed by atoms with E-state index in [-0.39, 0.29) is 31.1 Å². The Balaban J connectivity index is 1.73. The highest BCUT2D eigenvalue weighted by Gasteiger charge is 2.40. The first kappa shape index (κ1) is 20.3. The van der Waals surface area contributed by atoms with E-state index in [0.717, 1.165) is 24.0 Å². The Labute approximate surface area is 169 Å². The van der Waals surface area contributed by atoms with Crippen LogP contribution in [0.2, 0.25) is 5.02 Å². The van der Waals surface area contributed by atoms with Crippen LogP contribution in [0.5, 0.6) is 0 Å². The number of benzene rings is 1. The smallest absolute Gasteiger partial charge is 0.328 e. The Kier molecular flexibility index (Phi) is 7.01. The van der Waals surface area contributed by atoms with E-state index in [9.17, 15) is 9.59 Å². The van der Waals surface area contributed by atoms with Crippen molar-refractivity contribution in [2.75, 3.05) is 13.2 Å². The summed E-state index contributed by atoms with van der Waals surface area (Å²) in [7, 11) is 0. The predicted molar refractivity (Wildman–Crippen MR) is 107 cm³/mol. The van der Waals surface area contributed by atoms with Crippen molar-refractivity contribution in [3.63, 3.8) is 0 Å². The highest BCUT2D eigenvalue weighted by Crippen LogP contribution is 2.35. The van der Waals surface area contributed by atoms with E-state index in [1.54, 1.807) is 31.5 Å². The molecule has 1 aromatic heterocycles. The van der Waals surface area contributed by atoms with Crippen LogP contribution in [0.3, 0.4) is 0 Å². The molecule has 1 aromatic carbocycles. The molecule has 0 bridgehead atoms. The number of nitrogens with one attached hydrogen (secondary N) is 1. The van der Waals surface area contributed by atoms with Crippen molar-refractivity contribution in [2.24, 2.45) is 0 Å². The summed E-state index contributed by atoms with van der Waals surface area (Å²) in [6.07, 6.45) is 5.32. The Morgan fingerprint density at radius 2 is 2.04 bits per heavy atom. The fourth-order valence-corrected chi connectivity index (χ4v) is 3.22. The van der Waals surface area contributed by atoms with Gasteiger partial charge in [-0.15, -0.1) is 0 Å². The standard InChI is InChI=1S/C21H24ClN3O3/c1-2-28-21(27)20(16-5-7-17(22)8-6-16)25(18-9-10-18)14-19(26)24-13-15-4-3-11-23-12-15/h3-8,11-12,18,20H,2,9-10,13-14H2,1H3,(H,24,26)/t20-/m0/s1. The SMILES string of the molecule is CCOC(=O)[C@H](c1ccc(Cl)cc1)N(CC(=O)NCc1cccnc1)C1CC1. The first-order valence-electron chi connectivity index (χ1n) is 9.42. The molecule has 1 amide bonds. The fraction of sp³-hybridized carbons (Fsp3) is 0.381. The zero-order valence-corrected chi connectivity index (χ0v) is 16.6. The molecule has 3 rings (SSSR count). The number of esters is 1. The quantitative estimate of drug-likeness (QED) is 0.653. The van der Waals surface area contributed by atoms with Crippen molar-refractivity contribution in [3.8, 4) is 0 Å². The summed E-state index contributed by atoms with van der Waals surface area (Å²) in [5, 5.41) is 3.50. The van der Waals surface area contributed by atoms with E-state index < -0.39 is 6.04 Å². The minimum atomic E-state index is -0.631. The van der Waals surface area contributed by atoms with Crippen LogP contribution < -0.4 is 5.32 Å². The van der Waals surface area contributed by atoms with Crippen LogP contribution in [0.4, 0.5) is 0 Å². The molecule has 7 heteroatoms.